The van der Waals surface area contributed by atoms with Crippen molar-refractivity contribution in [1.82, 2.24) is 5.48 Å². The van der Waals surface area contributed by atoms with Gasteiger partial charge in [0.15, 0.2) is 11.5 Å². The molecule has 5 heteroatoms. The number of nitrogens with one attached hydrogen (secondary N) is 1. The smallest absolute Gasteiger partial charge is 0.161 e. The molecule has 2 aliphatic rings. The van der Waals surface area contributed by atoms with E-state index < -0.39 is 0 Å². The average molecular weight is 347 g/mol. The summed E-state index contributed by atoms with van der Waals surface area (Å²) in [7, 11) is 0. The van der Waals surface area contributed by atoms with E-state index in [1.54, 1.807) is 0 Å². The normalized spacial score (nSPS) is 22.3. The molecule has 1 unspecified atom stereocenters. The van der Waals surface area contributed by atoms with Crippen LogP contribution in [0.5, 0.6) is 11.5 Å². The van der Waals surface area contributed by atoms with Crippen molar-refractivity contribution in [2.45, 2.75) is 45.6 Å². The highest BCUT2D eigenvalue weighted by Crippen LogP contribution is 2.36. The molecular formula is C20H29NO4. The first kappa shape index (κ1) is 18.1. The summed E-state index contributed by atoms with van der Waals surface area (Å²) < 4.78 is 17.4. The van der Waals surface area contributed by atoms with E-state index >= 15 is 0 Å². The van der Waals surface area contributed by atoms with Gasteiger partial charge in [-0.25, -0.2) is 0 Å². The van der Waals surface area contributed by atoms with Gasteiger partial charge in [0.25, 0.3) is 0 Å². The Labute approximate surface area is 150 Å². The van der Waals surface area contributed by atoms with Crippen LogP contribution in [-0.4, -0.2) is 32.0 Å². The Balaban J connectivity index is 1.79. The van der Waals surface area contributed by atoms with Crippen molar-refractivity contribution in [1.29, 1.82) is 0 Å². The highest BCUT2D eigenvalue weighted by Gasteiger charge is 2.39. The summed E-state index contributed by atoms with van der Waals surface area (Å²) in [5.41, 5.74) is 4.72. The molecule has 3 rings (SSSR count). The van der Waals surface area contributed by atoms with Crippen LogP contribution in [0.15, 0.2) is 24.3 Å². The maximum absolute atomic E-state index is 6.00. The second kappa shape index (κ2) is 8.11. The number of ether oxygens (including phenoxy) is 3. The molecule has 1 atom stereocenters. The van der Waals surface area contributed by atoms with Crippen molar-refractivity contribution >= 4 is 5.70 Å². The van der Waals surface area contributed by atoms with E-state index in [9.17, 15) is 0 Å². The van der Waals surface area contributed by atoms with Crippen LogP contribution >= 0.6 is 0 Å². The predicted octanol–water partition coefficient (Wildman–Crippen LogP) is 3.94. The first-order valence-electron chi connectivity index (χ1n) is 9.26. The maximum atomic E-state index is 6.00. The van der Waals surface area contributed by atoms with Gasteiger partial charge in [-0.2, -0.15) is 0 Å². The average Bonchev–Trinajstić information content (AvgIpc) is 3.24. The zero-order chi connectivity index (χ0) is 17.7. The monoisotopic (exact) mass is 347 g/mol. The molecular weight excluding hydrogens is 318 g/mol. The van der Waals surface area contributed by atoms with E-state index in [1.807, 2.05) is 18.2 Å². The molecule has 0 saturated carbocycles. The molecule has 5 nitrogen and oxygen atoms in total. The number of benzene rings is 1. The lowest BCUT2D eigenvalue weighted by molar-refractivity contribution is -0.0373. The van der Waals surface area contributed by atoms with Gasteiger partial charge in [-0.15, -0.1) is 0 Å². The SMILES string of the molecule is CCCCOc1ccc(C2=CC3(CCOC3)ON2)cc1OCC(C)C. The van der Waals surface area contributed by atoms with E-state index in [2.05, 4.69) is 32.3 Å². The van der Waals surface area contributed by atoms with Gasteiger partial charge in [0.1, 0.15) is 5.60 Å². The molecule has 1 aromatic rings. The first-order chi connectivity index (χ1) is 12.1. The molecule has 1 saturated heterocycles. The molecule has 2 heterocycles. The van der Waals surface area contributed by atoms with E-state index in [1.165, 1.54) is 0 Å². The molecule has 0 amide bonds. The van der Waals surface area contributed by atoms with Crippen LogP contribution < -0.4 is 15.0 Å². The zero-order valence-corrected chi connectivity index (χ0v) is 15.5. The lowest BCUT2D eigenvalue weighted by Crippen LogP contribution is -2.29. The fourth-order valence-corrected chi connectivity index (χ4v) is 2.87. The van der Waals surface area contributed by atoms with E-state index in [0.29, 0.717) is 25.7 Å². The quantitative estimate of drug-likeness (QED) is 0.722. The molecule has 0 radical (unpaired) electrons. The van der Waals surface area contributed by atoms with Gasteiger partial charge in [0.05, 0.1) is 25.5 Å². The fraction of sp³-hybridized carbons (Fsp3) is 0.600. The van der Waals surface area contributed by atoms with Crippen LogP contribution in [0, 0.1) is 5.92 Å². The molecule has 0 aromatic heterocycles. The van der Waals surface area contributed by atoms with Gasteiger partial charge >= 0.3 is 0 Å². The first-order valence-corrected chi connectivity index (χ1v) is 9.26. The summed E-state index contributed by atoms with van der Waals surface area (Å²) in [6.07, 6.45) is 5.14. The zero-order valence-electron chi connectivity index (χ0n) is 15.5. The number of hydrogen-bond donors (Lipinski definition) is 1. The van der Waals surface area contributed by atoms with Crippen LogP contribution in [0.1, 0.15) is 45.6 Å². The standard InChI is InChI=1S/C20H29NO4/c1-4-5-9-23-18-7-6-16(11-19(18)24-13-15(2)3)17-12-20(25-21-17)8-10-22-14-20/h6-7,11-12,15,21H,4-5,8-10,13-14H2,1-3H3. The number of rotatable bonds is 8. The number of hydrogen-bond acceptors (Lipinski definition) is 5. The van der Waals surface area contributed by atoms with Crippen molar-refractivity contribution in [3.8, 4) is 11.5 Å². The highest BCUT2D eigenvalue weighted by molar-refractivity contribution is 5.68. The summed E-state index contributed by atoms with van der Waals surface area (Å²) in [4.78, 5) is 5.78. The maximum Gasteiger partial charge on any atom is 0.161 e. The van der Waals surface area contributed by atoms with Crippen molar-refractivity contribution in [3.63, 3.8) is 0 Å². The Morgan fingerprint density at radius 2 is 2.12 bits per heavy atom. The lowest BCUT2D eigenvalue weighted by Gasteiger charge is -2.16. The number of hydroxylamine groups is 1. The molecule has 0 aliphatic carbocycles. The van der Waals surface area contributed by atoms with E-state index in [-0.39, 0.29) is 5.60 Å². The van der Waals surface area contributed by atoms with Gasteiger partial charge in [0.2, 0.25) is 0 Å². The topological polar surface area (TPSA) is 49.0 Å². The van der Waals surface area contributed by atoms with Crippen LogP contribution in [0.4, 0.5) is 0 Å². The Kier molecular flexibility index (Phi) is 5.86. The molecule has 1 N–H and O–H groups in total. The van der Waals surface area contributed by atoms with Gasteiger partial charge in [-0.3, -0.25) is 10.3 Å². The Morgan fingerprint density at radius 1 is 1.24 bits per heavy atom. The predicted molar refractivity (Wildman–Crippen MR) is 97.5 cm³/mol. The van der Waals surface area contributed by atoms with E-state index in [0.717, 1.165) is 48.6 Å². The summed E-state index contributed by atoms with van der Waals surface area (Å²) in [6, 6.07) is 6.06. The minimum absolute atomic E-state index is 0.329. The second-order valence-electron chi connectivity index (χ2n) is 7.20. The van der Waals surface area contributed by atoms with Crippen molar-refractivity contribution < 1.29 is 19.0 Å². The van der Waals surface area contributed by atoms with Gasteiger partial charge < -0.3 is 14.2 Å². The van der Waals surface area contributed by atoms with Crippen molar-refractivity contribution in [2.24, 2.45) is 5.92 Å². The van der Waals surface area contributed by atoms with Crippen molar-refractivity contribution in [2.75, 3.05) is 26.4 Å². The molecule has 138 valence electrons. The second-order valence-corrected chi connectivity index (χ2v) is 7.20. The summed E-state index contributed by atoms with van der Waals surface area (Å²) >= 11 is 0. The molecule has 1 aromatic carbocycles. The van der Waals surface area contributed by atoms with Gasteiger partial charge in [-0.1, -0.05) is 27.2 Å². The minimum atomic E-state index is -0.329. The van der Waals surface area contributed by atoms with Crippen LogP contribution in [0.3, 0.4) is 0 Å². The molecule has 1 fully saturated rings. The Bertz CT molecular complexity index is 606. The third kappa shape index (κ3) is 4.47. The third-order valence-electron chi connectivity index (χ3n) is 4.37. The Morgan fingerprint density at radius 3 is 2.84 bits per heavy atom. The number of unbranched alkanes of at least 4 members (excludes halogenated alkanes) is 1. The van der Waals surface area contributed by atoms with Gasteiger partial charge in [-0.05, 0) is 36.6 Å². The highest BCUT2D eigenvalue weighted by atomic mass is 16.7. The molecule has 25 heavy (non-hydrogen) atoms. The summed E-state index contributed by atoms with van der Waals surface area (Å²) in [5.74, 6) is 2.04. The summed E-state index contributed by atoms with van der Waals surface area (Å²) in [6.45, 7) is 9.13. The van der Waals surface area contributed by atoms with Crippen LogP contribution in [0.25, 0.3) is 5.70 Å². The van der Waals surface area contributed by atoms with E-state index in [4.69, 9.17) is 19.0 Å². The van der Waals surface area contributed by atoms with Crippen molar-refractivity contribution in [3.05, 3.63) is 29.8 Å². The third-order valence-corrected chi connectivity index (χ3v) is 4.37. The molecule has 0 bridgehead atoms. The van der Waals surface area contributed by atoms with Gasteiger partial charge in [0, 0.05) is 18.6 Å². The molecule has 1 spiro atoms. The summed E-state index contributed by atoms with van der Waals surface area (Å²) in [5, 5.41) is 0. The largest absolute Gasteiger partial charge is 0.490 e. The lowest BCUT2D eigenvalue weighted by atomic mass is 10.0. The van der Waals surface area contributed by atoms with Crippen LogP contribution in [0.2, 0.25) is 0 Å². The van der Waals surface area contributed by atoms with Crippen LogP contribution in [-0.2, 0) is 9.57 Å². The fourth-order valence-electron chi connectivity index (χ4n) is 2.87. The minimum Gasteiger partial charge on any atom is -0.490 e. The molecule has 2 aliphatic heterocycles. The Hall–Kier alpha value is -1.72.